The summed E-state index contributed by atoms with van der Waals surface area (Å²) in [6.07, 6.45) is 0.159. The number of anilines is 2. The van der Waals surface area contributed by atoms with Crippen LogP contribution in [0, 0.1) is 13.8 Å². The maximum Gasteiger partial charge on any atom is 0.226 e. The van der Waals surface area contributed by atoms with Gasteiger partial charge in [-0.15, -0.1) is 0 Å². The fraction of sp³-hybridized carbons (Fsp3) is 0.263. The Hall–Kier alpha value is -2.04. The second kappa shape index (κ2) is 8.37. The molecule has 0 aromatic heterocycles. The Morgan fingerprint density at radius 2 is 1.72 bits per heavy atom. The van der Waals surface area contributed by atoms with Gasteiger partial charge in [0.1, 0.15) is 0 Å². The number of halogens is 2. The molecule has 2 aromatic rings. The van der Waals surface area contributed by atoms with Gasteiger partial charge in [0, 0.05) is 30.6 Å². The van der Waals surface area contributed by atoms with E-state index in [4.69, 9.17) is 23.2 Å². The Bertz CT molecular complexity index is 786. The van der Waals surface area contributed by atoms with Gasteiger partial charge < -0.3 is 10.2 Å². The number of nitrogens with zero attached hydrogens (tertiary/aromatic N) is 1. The molecule has 2 aromatic carbocycles. The van der Waals surface area contributed by atoms with Gasteiger partial charge in [-0.25, -0.2) is 0 Å². The first-order chi connectivity index (χ1) is 11.8. The van der Waals surface area contributed by atoms with E-state index in [9.17, 15) is 9.59 Å². The lowest BCUT2D eigenvalue weighted by Crippen LogP contribution is -2.32. The predicted octanol–water partition coefficient (Wildman–Crippen LogP) is 4.99. The molecule has 4 nitrogen and oxygen atoms in total. The molecule has 0 unspecified atom stereocenters. The van der Waals surface area contributed by atoms with Crippen LogP contribution in [0.4, 0.5) is 11.4 Å². The third kappa shape index (κ3) is 4.97. The van der Waals surface area contributed by atoms with Crippen molar-refractivity contribution < 1.29 is 9.59 Å². The number of amides is 2. The summed E-state index contributed by atoms with van der Waals surface area (Å²) in [5.41, 5.74) is 3.35. The Morgan fingerprint density at radius 1 is 1.08 bits per heavy atom. The molecule has 0 atom stereocenters. The molecule has 0 fully saturated rings. The summed E-state index contributed by atoms with van der Waals surface area (Å²) in [6, 6.07) is 10.7. The SMILES string of the molecule is CC(=O)N(CCC(=O)Nc1c(C)cccc1C)c1ccc(Cl)cc1Cl. The average Bonchev–Trinajstić information content (AvgIpc) is 2.52. The van der Waals surface area contributed by atoms with Gasteiger partial charge in [-0.05, 0) is 43.2 Å². The zero-order valence-corrected chi connectivity index (χ0v) is 15.9. The van der Waals surface area contributed by atoms with Gasteiger partial charge in [-0.3, -0.25) is 9.59 Å². The maximum absolute atomic E-state index is 12.3. The molecule has 0 spiro atoms. The minimum Gasteiger partial charge on any atom is -0.326 e. The van der Waals surface area contributed by atoms with Crippen LogP contribution in [0.1, 0.15) is 24.5 Å². The summed E-state index contributed by atoms with van der Waals surface area (Å²) in [4.78, 5) is 25.7. The molecule has 0 aliphatic rings. The van der Waals surface area contributed by atoms with Crippen LogP contribution in [0.5, 0.6) is 0 Å². The molecule has 1 N–H and O–H groups in total. The van der Waals surface area contributed by atoms with Crippen LogP contribution in [-0.4, -0.2) is 18.4 Å². The highest BCUT2D eigenvalue weighted by Gasteiger charge is 2.17. The quantitative estimate of drug-likeness (QED) is 0.796. The zero-order valence-electron chi connectivity index (χ0n) is 14.4. The predicted molar refractivity (Wildman–Crippen MR) is 104 cm³/mol. The first kappa shape index (κ1) is 19.3. The van der Waals surface area contributed by atoms with Crippen molar-refractivity contribution in [2.45, 2.75) is 27.2 Å². The summed E-state index contributed by atoms with van der Waals surface area (Å²) < 4.78 is 0. The van der Waals surface area contributed by atoms with Gasteiger partial charge in [-0.1, -0.05) is 41.4 Å². The first-order valence-electron chi connectivity index (χ1n) is 7.89. The minimum atomic E-state index is -0.191. The van der Waals surface area contributed by atoms with E-state index in [1.807, 2.05) is 32.0 Å². The smallest absolute Gasteiger partial charge is 0.226 e. The number of rotatable bonds is 5. The molecule has 0 bridgehead atoms. The monoisotopic (exact) mass is 378 g/mol. The van der Waals surface area contributed by atoms with E-state index in [-0.39, 0.29) is 24.8 Å². The van der Waals surface area contributed by atoms with Gasteiger partial charge in [0.05, 0.1) is 10.7 Å². The molecular weight excluding hydrogens is 359 g/mol. The average molecular weight is 379 g/mol. The second-order valence-electron chi connectivity index (χ2n) is 5.83. The fourth-order valence-corrected chi connectivity index (χ4v) is 3.09. The van der Waals surface area contributed by atoms with Crippen LogP contribution >= 0.6 is 23.2 Å². The van der Waals surface area contributed by atoms with Gasteiger partial charge in [0.15, 0.2) is 0 Å². The van der Waals surface area contributed by atoms with E-state index >= 15 is 0 Å². The molecule has 132 valence electrons. The summed E-state index contributed by atoms with van der Waals surface area (Å²) in [5, 5.41) is 3.78. The third-order valence-corrected chi connectivity index (χ3v) is 4.43. The molecular formula is C19H20Cl2N2O2. The molecule has 0 aliphatic heterocycles. The van der Waals surface area contributed by atoms with Gasteiger partial charge in [0.2, 0.25) is 11.8 Å². The minimum absolute atomic E-state index is 0.159. The number of hydrogen-bond donors (Lipinski definition) is 1. The molecule has 0 radical (unpaired) electrons. The van der Waals surface area contributed by atoms with E-state index in [0.29, 0.717) is 15.7 Å². The number of nitrogens with one attached hydrogen (secondary N) is 1. The second-order valence-corrected chi connectivity index (χ2v) is 6.68. The lowest BCUT2D eigenvalue weighted by molar-refractivity contribution is -0.117. The standard InChI is InChI=1S/C19H20Cl2N2O2/c1-12-5-4-6-13(2)19(12)22-18(25)9-10-23(14(3)24)17-8-7-15(20)11-16(17)21/h4-8,11H,9-10H2,1-3H3,(H,22,25). The molecule has 0 aliphatic carbocycles. The summed E-state index contributed by atoms with van der Waals surface area (Å²) in [7, 11) is 0. The van der Waals surface area contributed by atoms with Crippen LogP contribution in [0.25, 0.3) is 0 Å². The molecule has 6 heteroatoms. The van der Waals surface area contributed by atoms with E-state index in [0.717, 1.165) is 16.8 Å². The molecule has 2 amide bonds. The van der Waals surface area contributed by atoms with Crippen LogP contribution in [0.15, 0.2) is 36.4 Å². The number of hydrogen-bond acceptors (Lipinski definition) is 2. The lowest BCUT2D eigenvalue weighted by atomic mass is 10.1. The van der Waals surface area contributed by atoms with Crippen LogP contribution < -0.4 is 10.2 Å². The van der Waals surface area contributed by atoms with E-state index < -0.39 is 0 Å². The maximum atomic E-state index is 12.3. The van der Waals surface area contributed by atoms with Crippen molar-refractivity contribution in [3.8, 4) is 0 Å². The van der Waals surface area contributed by atoms with Crippen molar-refractivity contribution in [1.29, 1.82) is 0 Å². The summed E-state index contributed by atoms with van der Waals surface area (Å²) in [6.45, 7) is 5.55. The van der Waals surface area contributed by atoms with Crippen molar-refractivity contribution in [2.24, 2.45) is 0 Å². The number of benzene rings is 2. The van der Waals surface area contributed by atoms with E-state index in [1.54, 1.807) is 18.2 Å². The highest BCUT2D eigenvalue weighted by molar-refractivity contribution is 6.36. The van der Waals surface area contributed by atoms with Crippen molar-refractivity contribution >= 4 is 46.4 Å². The highest BCUT2D eigenvalue weighted by atomic mass is 35.5. The number of para-hydroxylation sites is 1. The van der Waals surface area contributed by atoms with Crippen molar-refractivity contribution in [2.75, 3.05) is 16.8 Å². The third-order valence-electron chi connectivity index (χ3n) is 3.89. The van der Waals surface area contributed by atoms with E-state index in [2.05, 4.69) is 5.32 Å². The Morgan fingerprint density at radius 3 is 2.28 bits per heavy atom. The number of aryl methyl sites for hydroxylation is 2. The molecule has 0 saturated heterocycles. The summed E-state index contributed by atoms with van der Waals surface area (Å²) >= 11 is 12.1. The number of carbonyl (C=O) groups is 2. The topological polar surface area (TPSA) is 49.4 Å². The Labute approximate surface area is 157 Å². The van der Waals surface area contributed by atoms with Gasteiger partial charge in [0.25, 0.3) is 0 Å². The van der Waals surface area contributed by atoms with Crippen LogP contribution in [0.3, 0.4) is 0 Å². The molecule has 25 heavy (non-hydrogen) atoms. The number of carbonyl (C=O) groups excluding carboxylic acids is 2. The first-order valence-corrected chi connectivity index (χ1v) is 8.64. The molecule has 0 saturated carbocycles. The highest BCUT2D eigenvalue weighted by Crippen LogP contribution is 2.29. The van der Waals surface area contributed by atoms with Gasteiger partial charge >= 0.3 is 0 Å². The summed E-state index contributed by atoms with van der Waals surface area (Å²) in [5.74, 6) is -0.349. The van der Waals surface area contributed by atoms with E-state index in [1.165, 1.54) is 11.8 Å². The molecule has 2 rings (SSSR count). The van der Waals surface area contributed by atoms with Crippen LogP contribution in [0.2, 0.25) is 10.0 Å². The largest absolute Gasteiger partial charge is 0.326 e. The normalized spacial score (nSPS) is 10.4. The Balaban J connectivity index is 2.08. The van der Waals surface area contributed by atoms with Gasteiger partial charge in [-0.2, -0.15) is 0 Å². The molecule has 0 heterocycles. The van der Waals surface area contributed by atoms with Crippen molar-refractivity contribution in [3.63, 3.8) is 0 Å². The zero-order chi connectivity index (χ0) is 18.6. The Kier molecular flexibility index (Phi) is 6.45. The lowest BCUT2D eigenvalue weighted by Gasteiger charge is -2.22. The van der Waals surface area contributed by atoms with Crippen molar-refractivity contribution in [3.05, 3.63) is 57.6 Å². The van der Waals surface area contributed by atoms with Crippen LogP contribution in [-0.2, 0) is 9.59 Å². The van der Waals surface area contributed by atoms with Crippen molar-refractivity contribution in [1.82, 2.24) is 0 Å². The fourth-order valence-electron chi connectivity index (χ4n) is 2.57.